The molecule has 404 valence electrons. The lowest BCUT2D eigenvalue weighted by Gasteiger charge is -2.23. The number of benzene rings is 4. The Bertz CT molecular complexity index is 3080. The third-order valence-electron chi connectivity index (χ3n) is 12.4. The first-order chi connectivity index (χ1) is 37.0. The van der Waals surface area contributed by atoms with Crippen molar-refractivity contribution in [2.24, 2.45) is 25.7 Å². The minimum absolute atomic E-state index is 0.0314. The van der Waals surface area contributed by atoms with Crippen LogP contribution in [0.2, 0.25) is 5.02 Å². The minimum Gasteiger partial charge on any atom is -0.387 e. The fraction of sp³-hybridized carbons (Fsp3) is 0.333. The Hall–Kier alpha value is -8.32. The highest BCUT2D eigenvalue weighted by Crippen LogP contribution is 2.39. The topological polar surface area (TPSA) is 227 Å². The lowest BCUT2D eigenvalue weighted by atomic mass is 9.98. The number of amides is 4. The van der Waals surface area contributed by atoms with Crippen molar-refractivity contribution in [3.8, 4) is 22.3 Å². The second kappa shape index (κ2) is 27.5. The third-order valence-corrected chi connectivity index (χ3v) is 12.7. The van der Waals surface area contributed by atoms with Gasteiger partial charge in [0, 0.05) is 93.6 Å². The van der Waals surface area contributed by atoms with Gasteiger partial charge in [-0.05, 0) is 109 Å². The molecule has 0 bridgehead atoms. The van der Waals surface area contributed by atoms with Crippen LogP contribution in [0.3, 0.4) is 0 Å². The van der Waals surface area contributed by atoms with Gasteiger partial charge in [0.05, 0.1) is 53.5 Å². The van der Waals surface area contributed by atoms with Gasteiger partial charge in [0.15, 0.2) is 12.6 Å². The average molecular weight is 1070 g/mol. The summed E-state index contributed by atoms with van der Waals surface area (Å²) < 4.78 is 16.4. The van der Waals surface area contributed by atoms with Gasteiger partial charge < -0.3 is 30.7 Å². The van der Waals surface area contributed by atoms with Gasteiger partial charge in [-0.1, -0.05) is 51.4 Å². The molecule has 4 aromatic rings. The summed E-state index contributed by atoms with van der Waals surface area (Å²) in [6.07, 6.45) is 10.5. The smallest absolute Gasteiger partial charge is 0.257 e. The fourth-order valence-electron chi connectivity index (χ4n) is 8.66. The molecular formula is C57H66ClFN12O6. The van der Waals surface area contributed by atoms with E-state index < -0.39 is 11.7 Å². The number of rotatable bonds is 22. The van der Waals surface area contributed by atoms with Crippen LogP contribution in [0.25, 0.3) is 34.4 Å². The van der Waals surface area contributed by atoms with E-state index in [0.717, 1.165) is 12.8 Å². The van der Waals surface area contributed by atoms with E-state index in [2.05, 4.69) is 31.1 Å². The molecule has 0 saturated heterocycles. The number of carbonyl (C=O) groups excluding carboxylic acids is 6. The summed E-state index contributed by atoms with van der Waals surface area (Å²) in [5.41, 5.74) is 17.4. The van der Waals surface area contributed by atoms with E-state index in [1.54, 1.807) is 78.5 Å². The standard InChI is InChI=1S/C57H66ClFN12O6/c1-8-16-70(17-9-2)56(76)42-20-44-46(58)22-40(26-50(44)64-52(60)28-42)36-12-14-38(32-72)48(24-36)63-35-69(7)31-55(75)67-66-53-29-43(57(77)71(18-10-3)19-11-4)21-45-47(59)23-41(27-51(45)65-53)37-13-15-39(33-73)49(25-37)62-34-68(6)30-54(74)61-5/h12-15,20-27,32-35H,8-11,16-19,28-31H2,1-7H3,(H2,60,64)(H,61,74)(H,65,66)(H,67,75)/b62-34-,63-35-. The second-order valence-corrected chi connectivity index (χ2v) is 19.1. The van der Waals surface area contributed by atoms with Gasteiger partial charge in [-0.15, -0.1) is 0 Å². The lowest BCUT2D eigenvalue weighted by Crippen LogP contribution is -2.46. The van der Waals surface area contributed by atoms with Gasteiger partial charge in [-0.3, -0.25) is 39.6 Å². The third kappa shape index (κ3) is 15.2. The number of fused-ring (bicyclic) bond motifs is 2. The molecule has 18 nitrogen and oxygen atoms in total. The molecule has 0 saturated carbocycles. The van der Waals surface area contributed by atoms with E-state index in [9.17, 15) is 28.8 Å². The van der Waals surface area contributed by atoms with Gasteiger partial charge in [-0.25, -0.2) is 24.4 Å². The summed E-state index contributed by atoms with van der Waals surface area (Å²) in [4.78, 5) is 102. The van der Waals surface area contributed by atoms with E-state index in [0.29, 0.717) is 101 Å². The molecule has 4 aromatic carbocycles. The van der Waals surface area contributed by atoms with E-state index >= 15 is 4.39 Å². The SMILES string of the molecule is CCCN(CCC)C(=O)C1=Cc2c(Cl)cc(-c3ccc(C=O)c(/N=C\N(C)CC(=O)NNC4=Nc5cc(-c6ccc(C=O)c(/N=C\N(C)CC(=O)NC)c6)cc(F)c5C=C(C(=O)N(CCC)CCC)C4)c3)cc2N=C(N)C1. The van der Waals surface area contributed by atoms with E-state index in [4.69, 9.17) is 22.3 Å². The Kier molecular flexibility index (Phi) is 20.7. The molecule has 6 rings (SSSR count). The van der Waals surface area contributed by atoms with Crippen LogP contribution in [0.15, 0.2) is 91.8 Å². The number of likely N-dealkylation sites (N-methyl/N-ethyl adjacent to an activating group) is 3. The van der Waals surface area contributed by atoms with Crippen molar-refractivity contribution in [1.29, 1.82) is 0 Å². The van der Waals surface area contributed by atoms with Crippen molar-refractivity contribution < 1.29 is 33.2 Å². The molecule has 0 aromatic heterocycles. The molecular weight excluding hydrogens is 1000 g/mol. The molecule has 20 heteroatoms. The number of halogens is 2. The summed E-state index contributed by atoms with van der Waals surface area (Å²) in [5, 5.41) is 2.90. The van der Waals surface area contributed by atoms with Crippen molar-refractivity contribution in [2.45, 2.75) is 66.2 Å². The van der Waals surface area contributed by atoms with E-state index in [-0.39, 0.29) is 89.0 Å². The van der Waals surface area contributed by atoms with Gasteiger partial charge in [0.1, 0.15) is 17.5 Å². The highest BCUT2D eigenvalue weighted by molar-refractivity contribution is 6.33. The maximum atomic E-state index is 16.4. The van der Waals surface area contributed by atoms with Crippen molar-refractivity contribution in [1.82, 2.24) is 35.8 Å². The molecule has 0 fully saturated rings. The summed E-state index contributed by atoms with van der Waals surface area (Å²) in [5.74, 6) is -1.37. The van der Waals surface area contributed by atoms with Crippen molar-refractivity contribution in [2.75, 3.05) is 60.4 Å². The second-order valence-electron chi connectivity index (χ2n) is 18.7. The number of hydrogen-bond acceptors (Lipinski definition) is 12. The van der Waals surface area contributed by atoms with Crippen LogP contribution < -0.4 is 21.9 Å². The number of hydrazine groups is 1. The zero-order valence-electron chi connectivity index (χ0n) is 44.6. The van der Waals surface area contributed by atoms with Gasteiger partial charge in [0.25, 0.3) is 5.91 Å². The first-order valence-corrected chi connectivity index (χ1v) is 25.9. The lowest BCUT2D eigenvalue weighted by molar-refractivity contribution is -0.128. The molecule has 5 N–H and O–H groups in total. The quantitative estimate of drug-likeness (QED) is 0.0254. The predicted molar refractivity (Wildman–Crippen MR) is 304 cm³/mol. The summed E-state index contributed by atoms with van der Waals surface area (Å²) in [7, 11) is 4.80. The van der Waals surface area contributed by atoms with Gasteiger partial charge >= 0.3 is 0 Å². The highest BCUT2D eigenvalue weighted by atomic mass is 35.5. The molecule has 0 atom stereocenters. The first kappa shape index (κ1) is 57.9. The van der Waals surface area contributed by atoms with Crippen LogP contribution in [0.5, 0.6) is 0 Å². The van der Waals surface area contributed by atoms with Gasteiger partial charge in [-0.2, -0.15) is 0 Å². The molecule has 0 radical (unpaired) electrons. The van der Waals surface area contributed by atoms with Crippen LogP contribution in [0, 0.1) is 5.82 Å². The number of carbonyl (C=O) groups is 6. The molecule has 77 heavy (non-hydrogen) atoms. The highest BCUT2D eigenvalue weighted by Gasteiger charge is 2.26. The van der Waals surface area contributed by atoms with Crippen molar-refractivity contribution in [3.05, 3.63) is 105 Å². The Balaban J connectivity index is 1.23. The average Bonchev–Trinajstić information content (AvgIpc) is 3.72. The Morgan fingerprint density at radius 1 is 0.662 bits per heavy atom. The van der Waals surface area contributed by atoms with Crippen LogP contribution >= 0.6 is 11.6 Å². The van der Waals surface area contributed by atoms with Crippen LogP contribution in [0.1, 0.15) is 98.1 Å². The van der Waals surface area contributed by atoms with Crippen molar-refractivity contribution in [3.63, 3.8) is 0 Å². The van der Waals surface area contributed by atoms with Crippen LogP contribution in [-0.2, 0) is 19.2 Å². The number of amidine groups is 2. The van der Waals surface area contributed by atoms with Crippen LogP contribution in [-0.4, -0.2) is 141 Å². The summed E-state index contributed by atoms with van der Waals surface area (Å²) in [6.45, 7) is 10.0. The molecule has 2 aliphatic heterocycles. The van der Waals surface area contributed by atoms with Crippen molar-refractivity contribution >= 4 is 107 Å². The van der Waals surface area contributed by atoms with Gasteiger partial charge in [0.2, 0.25) is 17.7 Å². The number of aldehydes is 2. The summed E-state index contributed by atoms with van der Waals surface area (Å²) >= 11 is 6.90. The molecule has 0 aliphatic carbocycles. The summed E-state index contributed by atoms with van der Waals surface area (Å²) in [6, 6.07) is 16.5. The first-order valence-electron chi connectivity index (χ1n) is 25.5. The number of nitrogens with one attached hydrogen (secondary N) is 3. The largest absolute Gasteiger partial charge is 0.387 e. The zero-order chi connectivity index (χ0) is 55.8. The monoisotopic (exact) mass is 1070 g/mol. The Labute approximate surface area is 453 Å². The van der Waals surface area contributed by atoms with E-state index in [1.807, 2.05) is 38.7 Å². The minimum atomic E-state index is -0.656. The Morgan fingerprint density at radius 3 is 1.65 bits per heavy atom. The fourth-order valence-corrected chi connectivity index (χ4v) is 8.93. The predicted octanol–water partition coefficient (Wildman–Crippen LogP) is 8.58. The molecule has 0 spiro atoms. The maximum Gasteiger partial charge on any atom is 0.257 e. The zero-order valence-corrected chi connectivity index (χ0v) is 45.3. The van der Waals surface area contributed by atoms with Crippen LogP contribution in [0.4, 0.5) is 27.1 Å². The Morgan fingerprint density at radius 2 is 1.14 bits per heavy atom. The number of nitrogens with zero attached hydrogens (tertiary/aromatic N) is 8. The normalized spacial score (nSPS) is 12.9. The number of hydrogen-bond donors (Lipinski definition) is 4. The molecule has 0 unspecified atom stereocenters. The molecule has 2 aliphatic rings. The number of aliphatic imine (C=N–C) groups is 4. The van der Waals surface area contributed by atoms with E-state index in [1.165, 1.54) is 36.8 Å². The molecule has 4 amide bonds. The number of nitrogens with two attached hydrogens (primary N) is 1. The molecule has 2 heterocycles. The maximum absolute atomic E-state index is 16.4.